The Kier molecular flexibility index (Phi) is 2.04. The molecule has 1 aromatic rings. The molecule has 0 unspecified atom stereocenters. The molecule has 14 heavy (non-hydrogen) atoms. The molecule has 0 radical (unpaired) electrons. The molecule has 1 aromatic carbocycles. The highest BCUT2D eigenvalue weighted by Gasteiger charge is 2.37. The molecule has 2 nitrogen and oxygen atoms in total. The van der Waals surface area contributed by atoms with E-state index in [1.165, 1.54) is 16.7 Å². The van der Waals surface area contributed by atoms with Crippen molar-refractivity contribution in [3.63, 3.8) is 0 Å². The van der Waals surface area contributed by atoms with Crippen molar-refractivity contribution in [3.8, 4) is 0 Å². The first kappa shape index (κ1) is 9.53. The molecule has 4 N–H and O–H groups in total. The van der Waals surface area contributed by atoms with E-state index in [0.717, 1.165) is 24.9 Å². The number of rotatable bonds is 2. The molecule has 0 saturated heterocycles. The Labute approximate surface area is 85.3 Å². The minimum absolute atomic E-state index is 0.0775. The molecule has 0 amide bonds. The minimum Gasteiger partial charge on any atom is -0.398 e. The summed E-state index contributed by atoms with van der Waals surface area (Å²) < 4.78 is 0. The molecule has 1 aliphatic carbocycles. The van der Waals surface area contributed by atoms with Gasteiger partial charge in [0.25, 0.3) is 0 Å². The van der Waals surface area contributed by atoms with E-state index in [1.54, 1.807) is 0 Å². The molecule has 0 aliphatic heterocycles. The van der Waals surface area contributed by atoms with Crippen molar-refractivity contribution in [1.29, 1.82) is 0 Å². The molecular formula is C12H18N2. The SMILES string of the molecule is Cc1cc(CC2(N)CC2)cc(N)c1C. The Morgan fingerprint density at radius 3 is 2.43 bits per heavy atom. The van der Waals surface area contributed by atoms with Gasteiger partial charge >= 0.3 is 0 Å². The maximum atomic E-state index is 6.08. The summed E-state index contributed by atoms with van der Waals surface area (Å²) >= 11 is 0. The molecule has 76 valence electrons. The number of anilines is 1. The van der Waals surface area contributed by atoms with Crippen LogP contribution in [0.4, 0.5) is 5.69 Å². The highest BCUT2D eigenvalue weighted by Crippen LogP contribution is 2.36. The van der Waals surface area contributed by atoms with Crippen LogP contribution in [-0.4, -0.2) is 5.54 Å². The Balaban J connectivity index is 2.26. The summed E-state index contributed by atoms with van der Waals surface area (Å²) in [7, 11) is 0. The van der Waals surface area contributed by atoms with Gasteiger partial charge < -0.3 is 11.5 Å². The second kappa shape index (κ2) is 2.99. The zero-order valence-electron chi connectivity index (χ0n) is 8.93. The van der Waals surface area contributed by atoms with Crippen LogP contribution in [0.2, 0.25) is 0 Å². The Hall–Kier alpha value is -1.02. The predicted octanol–water partition coefficient (Wildman–Crippen LogP) is 1.92. The van der Waals surface area contributed by atoms with Gasteiger partial charge in [-0.05, 0) is 55.9 Å². The Morgan fingerprint density at radius 1 is 1.29 bits per heavy atom. The zero-order chi connectivity index (χ0) is 10.3. The van der Waals surface area contributed by atoms with Crippen LogP contribution in [0, 0.1) is 13.8 Å². The van der Waals surface area contributed by atoms with Gasteiger partial charge in [-0.3, -0.25) is 0 Å². The molecule has 0 heterocycles. The summed E-state index contributed by atoms with van der Waals surface area (Å²) in [5.74, 6) is 0. The van der Waals surface area contributed by atoms with Gasteiger partial charge in [0.2, 0.25) is 0 Å². The third-order valence-corrected chi connectivity index (χ3v) is 3.22. The first-order valence-electron chi connectivity index (χ1n) is 5.15. The maximum absolute atomic E-state index is 6.08. The molecule has 1 saturated carbocycles. The lowest BCUT2D eigenvalue weighted by Gasteiger charge is -2.12. The van der Waals surface area contributed by atoms with E-state index < -0.39 is 0 Å². The van der Waals surface area contributed by atoms with Crippen molar-refractivity contribution in [2.24, 2.45) is 5.73 Å². The lowest BCUT2D eigenvalue weighted by atomic mass is 9.99. The first-order chi connectivity index (χ1) is 6.50. The summed E-state index contributed by atoms with van der Waals surface area (Å²) in [6, 6.07) is 4.27. The van der Waals surface area contributed by atoms with Gasteiger partial charge in [-0.15, -0.1) is 0 Å². The molecule has 1 fully saturated rings. The number of benzene rings is 1. The average Bonchev–Trinajstić information content (AvgIpc) is 2.79. The Bertz CT molecular complexity index is 342. The standard InChI is InChI=1S/C12H18N2/c1-8-5-10(6-11(13)9(8)2)7-12(14)3-4-12/h5-6H,3-4,7,13-14H2,1-2H3. The molecule has 0 atom stereocenters. The van der Waals surface area contributed by atoms with Crippen molar-refractivity contribution in [3.05, 3.63) is 28.8 Å². The van der Waals surface area contributed by atoms with Gasteiger partial charge in [0.15, 0.2) is 0 Å². The average molecular weight is 190 g/mol. The molecule has 0 bridgehead atoms. The van der Waals surface area contributed by atoms with Gasteiger partial charge in [0.1, 0.15) is 0 Å². The second-order valence-corrected chi connectivity index (χ2v) is 4.67. The molecule has 0 spiro atoms. The van der Waals surface area contributed by atoms with Crippen LogP contribution >= 0.6 is 0 Å². The summed E-state index contributed by atoms with van der Waals surface area (Å²) in [5.41, 5.74) is 16.7. The third kappa shape index (κ3) is 1.75. The quantitative estimate of drug-likeness (QED) is 0.700. The van der Waals surface area contributed by atoms with Crippen molar-refractivity contribution < 1.29 is 0 Å². The van der Waals surface area contributed by atoms with E-state index in [0.29, 0.717) is 0 Å². The number of hydrogen-bond donors (Lipinski definition) is 2. The maximum Gasteiger partial charge on any atom is 0.0349 e. The van der Waals surface area contributed by atoms with Gasteiger partial charge in [0.05, 0.1) is 0 Å². The van der Waals surface area contributed by atoms with E-state index in [1.807, 2.05) is 0 Å². The number of aryl methyl sites for hydroxylation is 1. The van der Waals surface area contributed by atoms with Gasteiger partial charge in [0, 0.05) is 11.2 Å². The lowest BCUT2D eigenvalue weighted by Crippen LogP contribution is -2.24. The second-order valence-electron chi connectivity index (χ2n) is 4.67. The highest BCUT2D eigenvalue weighted by molar-refractivity contribution is 5.52. The van der Waals surface area contributed by atoms with Crippen molar-refractivity contribution in [2.75, 3.05) is 5.73 Å². The van der Waals surface area contributed by atoms with Crippen LogP contribution in [0.15, 0.2) is 12.1 Å². The predicted molar refractivity (Wildman–Crippen MR) is 60.2 cm³/mol. The molecule has 1 aliphatic rings. The van der Waals surface area contributed by atoms with Crippen LogP contribution in [0.1, 0.15) is 29.5 Å². The Morgan fingerprint density at radius 2 is 1.93 bits per heavy atom. The monoisotopic (exact) mass is 190 g/mol. The zero-order valence-corrected chi connectivity index (χ0v) is 8.93. The van der Waals surface area contributed by atoms with Crippen LogP contribution in [0.25, 0.3) is 0 Å². The largest absolute Gasteiger partial charge is 0.398 e. The van der Waals surface area contributed by atoms with E-state index in [-0.39, 0.29) is 5.54 Å². The number of nitrogen functional groups attached to an aromatic ring is 1. The van der Waals surface area contributed by atoms with E-state index >= 15 is 0 Å². The first-order valence-corrected chi connectivity index (χ1v) is 5.15. The van der Waals surface area contributed by atoms with Crippen LogP contribution in [0.3, 0.4) is 0 Å². The molecular weight excluding hydrogens is 172 g/mol. The third-order valence-electron chi connectivity index (χ3n) is 3.22. The van der Waals surface area contributed by atoms with Crippen LogP contribution in [-0.2, 0) is 6.42 Å². The topological polar surface area (TPSA) is 52.0 Å². The summed E-state index contributed by atoms with van der Waals surface area (Å²) in [6.07, 6.45) is 3.28. The van der Waals surface area contributed by atoms with E-state index in [2.05, 4.69) is 26.0 Å². The van der Waals surface area contributed by atoms with E-state index in [9.17, 15) is 0 Å². The van der Waals surface area contributed by atoms with Gasteiger partial charge in [-0.1, -0.05) is 6.07 Å². The fourth-order valence-corrected chi connectivity index (χ4v) is 1.81. The smallest absolute Gasteiger partial charge is 0.0349 e. The van der Waals surface area contributed by atoms with Crippen molar-refractivity contribution in [1.82, 2.24) is 0 Å². The fraction of sp³-hybridized carbons (Fsp3) is 0.500. The normalized spacial score (nSPS) is 18.2. The van der Waals surface area contributed by atoms with Gasteiger partial charge in [-0.25, -0.2) is 0 Å². The van der Waals surface area contributed by atoms with Crippen LogP contribution in [0.5, 0.6) is 0 Å². The van der Waals surface area contributed by atoms with Crippen LogP contribution < -0.4 is 11.5 Å². The van der Waals surface area contributed by atoms with Crippen molar-refractivity contribution in [2.45, 2.75) is 38.6 Å². The lowest BCUT2D eigenvalue weighted by molar-refractivity contribution is 0.672. The highest BCUT2D eigenvalue weighted by atomic mass is 14.8. The van der Waals surface area contributed by atoms with Crippen molar-refractivity contribution >= 4 is 5.69 Å². The molecule has 0 aromatic heterocycles. The molecule has 2 heteroatoms. The summed E-state index contributed by atoms with van der Waals surface area (Å²) in [6.45, 7) is 4.16. The van der Waals surface area contributed by atoms with Gasteiger partial charge in [-0.2, -0.15) is 0 Å². The minimum atomic E-state index is 0.0775. The fourth-order valence-electron chi connectivity index (χ4n) is 1.81. The molecule has 2 rings (SSSR count). The number of nitrogens with two attached hydrogens (primary N) is 2. The van der Waals surface area contributed by atoms with E-state index in [4.69, 9.17) is 11.5 Å². The summed E-state index contributed by atoms with van der Waals surface area (Å²) in [5, 5.41) is 0. The number of hydrogen-bond acceptors (Lipinski definition) is 2. The summed E-state index contributed by atoms with van der Waals surface area (Å²) in [4.78, 5) is 0.